The van der Waals surface area contributed by atoms with E-state index in [1.165, 1.54) is 30.3 Å². The molecule has 0 radical (unpaired) electrons. The zero-order chi connectivity index (χ0) is 28.3. The Labute approximate surface area is 223 Å². The molecule has 0 unspecified atom stereocenters. The Kier molecular flexibility index (Phi) is 8.78. The maximum atomic E-state index is 13.3. The first-order valence-corrected chi connectivity index (χ1v) is 13.8. The summed E-state index contributed by atoms with van der Waals surface area (Å²) in [5.41, 5.74) is 0.829. The second-order valence-electron chi connectivity index (χ2n) is 10.4. The van der Waals surface area contributed by atoms with Crippen molar-refractivity contribution in [2.75, 3.05) is 24.2 Å². The number of likely N-dealkylation sites (tertiary alicyclic amines) is 1. The minimum atomic E-state index is -3.66. The van der Waals surface area contributed by atoms with Crippen LogP contribution in [-0.4, -0.2) is 55.4 Å². The number of aryl methyl sites for hydroxylation is 1. The van der Waals surface area contributed by atoms with Crippen LogP contribution in [0.3, 0.4) is 0 Å². The van der Waals surface area contributed by atoms with E-state index in [0.717, 1.165) is 6.42 Å². The highest BCUT2D eigenvalue weighted by Gasteiger charge is 2.34. The van der Waals surface area contributed by atoms with E-state index in [1.807, 2.05) is 6.92 Å². The number of pyridine rings is 1. The number of carbonyl (C=O) groups is 3. The van der Waals surface area contributed by atoms with Gasteiger partial charge in [0.05, 0.1) is 22.8 Å². The fourth-order valence-corrected chi connectivity index (χ4v) is 5.00. The Hall–Kier alpha value is -3.51. The van der Waals surface area contributed by atoms with E-state index in [1.54, 1.807) is 45.9 Å². The molecular weight excluding hydrogens is 510 g/mol. The van der Waals surface area contributed by atoms with E-state index >= 15 is 0 Å². The molecule has 3 rings (SSSR count). The molecule has 3 N–H and O–H groups in total. The first-order chi connectivity index (χ1) is 17.7. The van der Waals surface area contributed by atoms with Gasteiger partial charge in [-0.1, -0.05) is 19.1 Å². The van der Waals surface area contributed by atoms with Gasteiger partial charge in [-0.2, -0.15) is 0 Å². The van der Waals surface area contributed by atoms with Crippen molar-refractivity contribution in [2.45, 2.75) is 64.0 Å². The lowest BCUT2D eigenvalue weighted by Gasteiger charge is -2.38. The lowest BCUT2D eigenvalue weighted by Crippen LogP contribution is -2.46. The SMILES string of the molecule is CNS(=O)(=O)c1cccc([C@@H]2CC[C@@H](C)CN2C(=O)C(=O)Nc2cnc(NC(=O)OC(C)(C)C)c(C)c2)c1. The van der Waals surface area contributed by atoms with Crippen molar-refractivity contribution in [1.29, 1.82) is 0 Å². The fourth-order valence-electron chi connectivity index (χ4n) is 4.22. The predicted octanol–water partition coefficient (Wildman–Crippen LogP) is 3.58. The van der Waals surface area contributed by atoms with Crippen molar-refractivity contribution < 1.29 is 27.5 Å². The number of nitrogens with one attached hydrogen (secondary N) is 3. The summed E-state index contributed by atoms with van der Waals surface area (Å²) in [7, 11) is -2.33. The normalized spacial score (nSPS) is 18.0. The number of amides is 3. The molecule has 2 heterocycles. The van der Waals surface area contributed by atoms with Crippen molar-refractivity contribution >= 4 is 39.4 Å². The molecule has 2 aromatic rings. The highest BCUT2D eigenvalue weighted by Crippen LogP contribution is 2.34. The Bertz CT molecular complexity index is 1320. The average molecular weight is 546 g/mol. The van der Waals surface area contributed by atoms with Crippen LogP contribution in [-0.2, 0) is 24.3 Å². The van der Waals surface area contributed by atoms with Gasteiger partial charge in [-0.3, -0.25) is 14.9 Å². The molecule has 12 heteroatoms. The molecule has 1 fully saturated rings. The topological polar surface area (TPSA) is 147 Å². The molecule has 1 aromatic carbocycles. The van der Waals surface area contributed by atoms with E-state index in [2.05, 4.69) is 20.3 Å². The number of rotatable bonds is 5. The lowest BCUT2D eigenvalue weighted by atomic mass is 9.90. The Morgan fingerprint density at radius 3 is 2.45 bits per heavy atom. The quantitative estimate of drug-likeness (QED) is 0.487. The van der Waals surface area contributed by atoms with Gasteiger partial charge in [0.2, 0.25) is 10.0 Å². The Morgan fingerprint density at radius 1 is 1.11 bits per heavy atom. The summed E-state index contributed by atoms with van der Waals surface area (Å²) in [5.74, 6) is -1.12. The van der Waals surface area contributed by atoms with Gasteiger partial charge in [-0.15, -0.1) is 0 Å². The van der Waals surface area contributed by atoms with Crippen LogP contribution in [0.1, 0.15) is 57.7 Å². The highest BCUT2D eigenvalue weighted by atomic mass is 32.2. The molecule has 1 saturated heterocycles. The monoisotopic (exact) mass is 545 g/mol. The van der Waals surface area contributed by atoms with Crippen LogP contribution >= 0.6 is 0 Å². The van der Waals surface area contributed by atoms with Gasteiger partial charge >= 0.3 is 17.9 Å². The molecular formula is C26H35N5O6S. The molecule has 0 aliphatic carbocycles. The zero-order valence-electron chi connectivity index (χ0n) is 22.5. The number of hydrogen-bond donors (Lipinski definition) is 3. The van der Waals surface area contributed by atoms with Crippen LogP contribution in [0.4, 0.5) is 16.3 Å². The standard InChI is InChI=1S/C26H35N5O6S/c1-16-10-11-21(18-8-7-9-20(13-18)38(35,36)27-6)31(15-16)24(33)23(32)29-19-12-17(2)22(28-14-19)30-25(34)37-26(3,4)5/h7-9,12-14,16,21,27H,10-11,15H2,1-6H3,(H,29,32)(H,28,30,34)/t16-,21+/m1/s1. The average Bonchev–Trinajstić information content (AvgIpc) is 2.84. The van der Waals surface area contributed by atoms with Crippen LogP contribution < -0.4 is 15.4 Å². The summed E-state index contributed by atoms with van der Waals surface area (Å²) < 4.78 is 32.1. The second kappa shape index (κ2) is 11.5. The largest absolute Gasteiger partial charge is 0.444 e. The minimum Gasteiger partial charge on any atom is -0.444 e. The molecule has 0 saturated carbocycles. The summed E-state index contributed by atoms with van der Waals surface area (Å²) in [5, 5.41) is 5.15. The summed E-state index contributed by atoms with van der Waals surface area (Å²) in [4.78, 5) is 44.1. The van der Waals surface area contributed by atoms with Crippen LogP contribution in [0.25, 0.3) is 0 Å². The molecule has 38 heavy (non-hydrogen) atoms. The number of carbonyl (C=O) groups excluding carboxylic acids is 3. The highest BCUT2D eigenvalue weighted by molar-refractivity contribution is 7.89. The summed E-state index contributed by atoms with van der Waals surface area (Å²) in [6.07, 6.45) is 2.10. The van der Waals surface area contributed by atoms with E-state index in [4.69, 9.17) is 4.74 Å². The third kappa shape index (κ3) is 7.29. The number of ether oxygens (including phenoxy) is 1. The molecule has 1 aromatic heterocycles. The van der Waals surface area contributed by atoms with Gasteiger partial charge in [0.15, 0.2) is 0 Å². The first-order valence-electron chi connectivity index (χ1n) is 12.3. The Morgan fingerprint density at radius 2 is 1.82 bits per heavy atom. The number of hydrogen-bond acceptors (Lipinski definition) is 7. The van der Waals surface area contributed by atoms with E-state index in [-0.39, 0.29) is 16.6 Å². The smallest absolute Gasteiger partial charge is 0.413 e. The molecule has 2 atom stereocenters. The van der Waals surface area contributed by atoms with Gasteiger partial charge < -0.3 is 15.0 Å². The third-order valence-corrected chi connectivity index (χ3v) is 7.46. The van der Waals surface area contributed by atoms with Crippen LogP contribution in [0.2, 0.25) is 0 Å². The molecule has 206 valence electrons. The Balaban J connectivity index is 1.76. The van der Waals surface area contributed by atoms with Gasteiger partial charge in [0.25, 0.3) is 0 Å². The van der Waals surface area contributed by atoms with Crippen LogP contribution in [0.15, 0.2) is 41.4 Å². The predicted molar refractivity (Wildman–Crippen MR) is 143 cm³/mol. The van der Waals surface area contributed by atoms with Crippen molar-refractivity contribution in [3.05, 3.63) is 47.7 Å². The second-order valence-corrected chi connectivity index (χ2v) is 12.3. The number of nitrogens with zero attached hydrogens (tertiary/aromatic N) is 2. The maximum absolute atomic E-state index is 13.3. The molecule has 0 bridgehead atoms. The van der Waals surface area contributed by atoms with E-state index in [9.17, 15) is 22.8 Å². The number of benzene rings is 1. The fraction of sp³-hybridized carbons (Fsp3) is 0.462. The van der Waals surface area contributed by atoms with Gasteiger partial charge in [0.1, 0.15) is 11.4 Å². The van der Waals surface area contributed by atoms with Gasteiger partial charge in [0, 0.05) is 6.54 Å². The zero-order valence-corrected chi connectivity index (χ0v) is 23.3. The number of anilines is 2. The molecule has 1 aliphatic heterocycles. The molecule has 1 aliphatic rings. The van der Waals surface area contributed by atoms with Crippen molar-refractivity contribution in [3.8, 4) is 0 Å². The first kappa shape index (κ1) is 29.1. The molecule has 0 spiro atoms. The van der Waals surface area contributed by atoms with Crippen LogP contribution in [0.5, 0.6) is 0 Å². The van der Waals surface area contributed by atoms with Gasteiger partial charge in [-0.05, 0) is 82.8 Å². The summed E-state index contributed by atoms with van der Waals surface area (Å²) >= 11 is 0. The number of sulfonamides is 1. The van der Waals surface area contributed by atoms with Crippen molar-refractivity contribution in [3.63, 3.8) is 0 Å². The van der Waals surface area contributed by atoms with Crippen molar-refractivity contribution in [2.24, 2.45) is 5.92 Å². The number of aromatic nitrogens is 1. The lowest BCUT2D eigenvalue weighted by molar-refractivity contribution is -0.146. The van der Waals surface area contributed by atoms with Gasteiger partial charge in [-0.25, -0.2) is 22.9 Å². The summed E-state index contributed by atoms with van der Waals surface area (Å²) in [6.45, 7) is 9.30. The van der Waals surface area contributed by atoms with E-state index < -0.39 is 39.6 Å². The summed E-state index contributed by atoms with van der Waals surface area (Å²) in [6, 6.07) is 7.55. The number of piperidine rings is 1. The van der Waals surface area contributed by atoms with Crippen molar-refractivity contribution in [1.82, 2.24) is 14.6 Å². The van der Waals surface area contributed by atoms with Crippen LogP contribution in [0, 0.1) is 12.8 Å². The third-order valence-electron chi connectivity index (χ3n) is 6.05. The van der Waals surface area contributed by atoms with E-state index in [0.29, 0.717) is 29.8 Å². The molecule has 11 nitrogen and oxygen atoms in total. The maximum Gasteiger partial charge on any atom is 0.413 e. The molecule has 3 amide bonds. The minimum absolute atomic E-state index is 0.0922.